The summed E-state index contributed by atoms with van der Waals surface area (Å²) in [6.45, 7) is 5.48. The number of carbonyl (C=O) groups excluding carboxylic acids is 1. The number of nitrogens with two attached hydrogens (primary N) is 1. The summed E-state index contributed by atoms with van der Waals surface area (Å²) in [6, 6.07) is 13.0. The highest BCUT2D eigenvalue weighted by Gasteiger charge is 2.27. The molecule has 208 valence electrons. The molecule has 0 spiro atoms. The quantitative estimate of drug-likeness (QED) is 0.236. The Bertz CT molecular complexity index is 1310. The number of likely N-dealkylation sites (N-methyl/N-ethyl adjacent to an activating group) is 1. The third kappa shape index (κ3) is 7.20. The second-order valence-electron chi connectivity index (χ2n) is 8.98. The van der Waals surface area contributed by atoms with E-state index in [1.165, 1.54) is 0 Å². The van der Waals surface area contributed by atoms with Crippen LogP contribution in [0.25, 0.3) is 0 Å². The lowest BCUT2D eigenvalue weighted by atomic mass is 10.1. The van der Waals surface area contributed by atoms with E-state index in [0.29, 0.717) is 53.7 Å². The third-order valence-corrected chi connectivity index (χ3v) is 6.53. The van der Waals surface area contributed by atoms with Crippen LogP contribution >= 0.6 is 11.6 Å². The van der Waals surface area contributed by atoms with Crippen LogP contribution in [0.15, 0.2) is 47.5 Å². The molecule has 5 N–H and O–H groups in total. The highest BCUT2D eigenvalue weighted by Crippen LogP contribution is 2.38. The molecule has 0 unspecified atom stereocenters. The number of aromatic amines is 1. The number of hydrogen-bond donors (Lipinski definition) is 4. The van der Waals surface area contributed by atoms with Gasteiger partial charge in [0, 0.05) is 47.2 Å². The van der Waals surface area contributed by atoms with Gasteiger partial charge in [-0.2, -0.15) is 5.10 Å². The number of aliphatic hydroxyl groups excluding tert-OH is 1. The van der Waals surface area contributed by atoms with Crippen LogP contribution in [0.3, 0.4) is 0 Å². The van der Waals surface area contributed by atoms with Crippen molar-refractivity contribution in [2.75, 3.05) is 56.8 Å². The van der Waals surface area contributed by atoms with Gasteiger partial charge in [-0.1, -0.05) is 24.6 Å². The molecular weight excluding hydrogens is 522 g/mol. The van der Waals surface area contributed by atoms with Gasteiger partial charge in [-0.05, 0) is 37.2 Å². The van der Waals surface area contributed by atoms with E-state index >= 15 is 0 Å². The lowest BCUT2D eigenvalue weighted by molar-refractivity contribution is -0.117. The molecule has 1 amide bonds. The maximum atomic E-state index is 11.3. The molecule has 2 aromatic carbocycles. The maximum Gasteiger partial charge on any atom is 0.223 e. The van der Waals surface area contributed by atoms with Gasteiger partial charge in [-0.3, -0.25) is 9.89 Å². The van der Waals surface area contributed by atoms with Gasteiger partial charge in [0.1, 0.15) is 5.84 Å². The van der Waals surface area contributed by atoms with E-state index < -0.39 is 5.91 Å². The molecule has 39 heavy (non-hydrogen) atoms. The number of ether oxygens (including phenoxy) is 2. The minimum atomic E-state index is -0.460. The lowest BCUT2D eigenvalue weighted by Gasteiger charge is -2.33. The highest BCUT2D eigenvalue weighted by atomic mass is 35.5. The molecule has 11 nitrogen and oxygen atoms in total. The van der Waals surface area contributed by atoms with Crippen LogP contribution in [0.2, 0.25) is 5.02 Å². The summed E-state index contributed by atoms with van der Waals surface area (Å²) in [7, 11) is 1.60. The zero-order chi connectivity index (χ0) is 27.8. The predicted molar refractivity (Wildman–Crippen MR) is 152 cm³/mol. The molecule has 0 atom stereocenters. The van der Waals surface area contributed by atoms with Crippen molar-refractivity contribution in [2.24, 2.45) is 10.7 Å². The van der Waals surface area contributed by atoms with Gasteiger partial charge in [-0.15, -0.1) is 0 Å². The zero-order valence-corrected chi connectivity index (χ0v) is 22.9. The smallest absolute Gasteiger partial charge is 0.223 e. The van der Waals surface area contributed by atoms with Crippen LogP contribution in [0.4, 0.5) is 17.2 Å². The van der Waals surface area contributed by atoms with Crippen LogP contribution in [0.5, 0.6) is 11.5 Å². The number of anilines is 2. The molecule has 12 heteroatoms. The number of halogens is 1. The number of amides is 1. The molecule has 0 bridgehead atoms. The molecule has 0 radical (unpaired) electrons. The number of hydrogen-bond acceptors (Lipinski definition) is 8. The standard InChI is InChI=1S/C27H34ClN7O4/c1-3-34(9-10-36)8-5-11-39-24-16-22-21(15-23(24)38-2)27(31-26-14-19(32-33-26)13-25(29)37)35(17-30-22)20-7-4-6-18(28)12-20/h4,6-7,12,14-16,30,36H,3,5,8-11,13,17H2,1-2H3,(H2,29,37)(H,32,33). The van der Waals surface area contributed by atoms with Crippen LogP contribution < -0.4 is 25.4 Å². The number of carbonyl (C=O) groups is 1. The van der Waals surface area contributed by atoms with Crippen LogP contribution in [-0.4, -0.2) is 78.6 Å². The average Bonchev–Trinajstić information content (AvgIpc) is 3.36. The molecule has 1 aromatic heterocycles. The minimum Gasteiger partial charge on any atom is -0.493 e. The summed E-state index contributed by atoms with van der Waals surface area (Å²) in [5, 5.41) is 20.3. The summed E-state index contributed by atoms with van der Waals surface area (Å²) in [6.07, 6.45) is 0.849. The number of amidine groups is 1. The second-order valence-corrected chi connectivity index (χ2v) is 9.42. The molecule has 1 aliphatic rings. The first-order valence-electron chi connectivity index (χ1n) is 12.8. The van der Waals surface area contributed by atoms with E-state index in [4.69, 9.17) is 31.8 Å². The molecule has 4 rings (SSSR count). The van der Waals surface area contributed by atoms with Gasteiger partial charge in [0.05, 0.1) is 39.1 Å². The minimum absolute atomic E-state index is 0.0402. The number of aromatic nitrogens is 2. The number of H-pyrrole nitrogens is 1. The number of nitrogens with zero attached hydrogens (tertiary/aromatic N) is 4. The fourth-order valence-electron chi connectivity index (χ4n) is 4.36. The highest BCUT2D eigenvalue weighted by molar-refractivity contribution is 6.31. The molecular formula is C27H34ClN7O4. The van der Waals surface area contributed by atoms with Crippen molar-refractivity contribution < 1.29 is 19.4 Å². The van der Waals surface area contributed by atoms with Crippen LogP contribution in [0, 0.1) is 0 Å². The van der Waals surface area contributed by atoms with Crippen molar-refractivity contribution in [3.63, 3.8) is 0 Å². The Morgan fingerprint density at radius 2 is 2.10 bits per heavy atom. The molecule has 2 heterocycles. The summed E-state index contributed by atoms with van der Waals surface area (Å²) in [5.41, 5.74) is 8.35. The number of aliphatic hydroxyl groups is 1. The van der Waals surface area contributed by atoms with Crippen molar-refractivity contribution in [3.8, 4) is 11.5 Å². The summed E-state index contributed by atoms with van der Waals surface area (Å²) < 4.78 is 11.8. The van der Waals surface area contributed by atoms with E-state index in [0.717, 1.165) is 36.4 Å². The van der Waals surface area contributed by atoms with Crippen molar-refractivity contribution in [1.82, 2.24) is 15.1 Å². The van der Waals surface area contributed by atoms with E-state index in [1.54, 1.807) is 13.2 Å². The number of benzene rings is 2. The fraction of sp³-hybridized carbons (Fsp3) is 0.370. The summed E-state index contributed by atoms with van der Waals surface area (Å²) in [4.78, 5) is 20.3. The molecule has 0 aliphatic carbocycles. The molecule has 0 saturated heterocycles. The van der Waals surface area contributed by atoms with E-state index in [-0.39, 0.29) is 13.0 Å². The van der Waals surface area contributed by atoms with Gasteiger partial charge in [0.25, 0.3) is 0 Å². The largest absolute Gasteiger partial charge is 0.493 e. The topological polar surface area (TPSA) is 141 Å². The Kier molecular flexibility index (Phi) is 9.64. The molecule has 0 fully saturated rings. The van der Waals surface area contributed by atoms with Crippen LogP contribution in [0.1, 0.15) is 24.6 Å². The Morgan fingerprint density at radius 1 is 1.26 bits per heavy atom. The van der Waals surface area contributed by atoms with E-state index in [1.807, 2.05) is 41.3 Å². The Labute approximate surface area is 232 Å². The Balaban J connectivity index is 1.65. The predicted octanol–water partition coefficient (Wildman–Crippen LogP) is 3.15. The van der Waals surface area contributed by atoms with Crippen molar-refractivity contribution in [2.45, 2.75) is 19.8 Å². The lowest BCUT2D eigenvalue weighted by Crippen LogP contribution is -2.40. The number of nitrogens with one attached hydrogen (secondary N) is 2. The van der Waals surface area contributed by atoms with E-state index in [2.05, 4.69) is 27.3 Å². The molecule has 1 aliphatic heterocycles. The number of primary amides is 1. The van der Waals surface area contributed by atoms with Crippen LogP contribution in [-0.2, 0) is 11.2 Å². The second kappa shape index (κ2) is 13.3. The SMILES string of the molecule is CCN(CCO)CCCOc1cc2c(cc1OC)C(=Nc1cc(CC(N)=O)[nH]n1)N(c1cccc(Cl)c1)CN2. The van der Waals surface area contributed by atoms with Gasteiger partial charge in [0.2, 0.25) is 5.91 Å². The first-order chi connectivity index (χ1) is 18.9. The summed E-state index contributed by atoms with van der Waals surface area (Å²) in [5.74, 6) is 1.75. The van der Waals surface area contributed by atoms with Gasteiger partial charge < -0.3 is 35.4 Å². The first-order valence-corrected chi connectivity index (χ1v) is 13.2. The average molecular weight is 556 g/mol. The van der Waals surface area contributed by atoms with Crippen molar-refractivity contribution in [1.29, 1.82) is 0 Å². The normalized spacial score (nSPS) is 13.9. The monoisotopic (exact) mass is 555 g/mol. The van der Waals surface area contributed by atoms with Gasteiger partial charge in [-0.25, -0.2) is 4.99 Å². The number of rotatable bonds is 13. The first kappa shape index (κ1) is 28.2. The molecule has 0 saturated carbocycles. The number of methoxy groups -OCH3 is 1. The van der Waals surface area contributed by atoms with E-state index in [9.17, 15) is 9.90 Å². The zero-order valence-electron chi connectivity index (χ0n) is 22.1. The maximum absolute atomic E-state index is 11.3. The van der Waals surface area contributed by atoms with Crippen molar-refractivity contribution in [3.05, 3.63) is 58.7 Å². The molecule has 3 aromatic rings. The van der Waals surface area contributed by atoms with Gasteiger partial charge in [0.15, 0.2) is 17.3 Å². The van der Waals surface area contributed by atoms with Crippen molar-refractivity contribution >= 4 is 40.5 Å². The summed E-state index contributed by atoms with van der Waals surface area (Å²) >= 11 is 6.30. The Morgan fingerprint density at radius 3 is 2.82 bits per heavy atom. The number of fused-ring (bicyclic) bond motifs is 1. The Hall–Kier alpha value is -3.80. The number of aliphatic imine (C=N–C) groups is 1. The third-order valence-electron chi connectivity index (χ3n) is 6.29. The fourth-order valence-corrected chi connectivity index (χ4v) is 4.54. The van der Waals surface area contributed by atoms with Gasteiger partial charge >= 0.3 is 0 Å².